The van der Waals surface area contributed by atoms with Crippen molar-refractivity contribution in [3.8, 4) is 0 Å². The number of hydrogen-bond donors (Lipinski definition) is 3. The van der Waals surface area contributed by atoms with Crippen LogP contribution in [0.4, 0.5) is 0 Å². The number of halogens is 1. The monoisotopic (exact) mass is 465 g/mol. The molecular weight excluding hydrogens is 437 g/mol. The second-order valence-corrected chi connectivity index (χ2v) is 7.16. The van der Waals surface area contributed by atoms with Gasteiger partial charge in [0.05, 0.1) is 5.01 Å². The van der Waals surface area contributed by atoms with E-state index in [-0.39, 0.29) is 29.9 Å². The lowest BCUT2D eigenvalue weighted by Crippen LogP contribution is -2.41. The highest BCUT2D eigenvalue weighted by Crippen LogP contribution is 2.17. The van der Waals surface area contributed by atoms with Crippen molar-refractivity contribution in [2.75, 3.05) is 20.1 Å². The highest BCUT2D eigenvalue weighted by molar-refractivity contribution is 14.0. The molecule has 0 spiro atoms. The molecule has 1 aromatic rings. The molecule has 0 aliphatic heterocycles. The zero-order chi connectivity index (χ0) is 16.5. The van der Waals surface area contributed by atoms with Crippen LogP contribution < -0.4 is 16.0 Å². The van der Waals surface area contributed by atoms with E-state index in [0.29, 0.717) is 19.0 Å². The van der Waals surface area contributed by atoms with Crippen molar-refractivity contribution in [2.24, 2.45) is 4.99 Å². The smallest absolute Gasteiger partial charge is 0.221 e. The molecule has 0 atom stereocenters. The summed E-state index contributed by atoms with van der Waals surface area (Å²) in [7, 11) is 1.74. The van der Waals surface area contributed by atoms with Crippen molar-refractivity contribution in [3.63, 3.8) is 0 Å². The Hall–Kier alpha value is -0.900. The van der Waals surface area contributed by atoms with Crippen LogP contribution in [0.25, 0.3) is 0 Å². The third kappa shape index (κ3) is 7.78. The number of guanidine groups is 1. The van der Waals surface area contributed by atoms with Crippen LogP contribution in [-0.2, 0) is 11.2 Å². The number of carbonyl (C=O) groups is 1. The molecule has 0 aromatic carbocycles. The molecule has 1 aliphatic carbocycles. The van der Waals surface area contributed by atoms with Crippen molar-refractivity contribution in [1.82, 2.24) is 20.9 Å². The molecule has 0 bridgehead atoms. The van der Waals surface area contributed by atoms with Gasteiger partial charge in [-0.1, -0.05) is 12.8 Å². The number of aryl methyl sites for hydroxylation is 1. The van der Waals surface area contributed by atoms with Crippen molar-refractivity contribution in [1.29, 1.82) is 0 Å². The van der Waals surface area contributed by atoms with Crippen LogP contribution in [0.3, 0.4) is 0 Å². The van der Waals surface area contributed by atoms with Gasteiger partial charge in [-0.15, -0.1) is 35.3 Å². The maximum absolute atomic E-state index is 11.9. The average molecular weight is 465 g/mol. The van der Waals surface area contributed by atoms with E-state index in [4.69, 9.17) is 0 Å². The molecule has 0 unspecified atom stereocenters. The zero-order valence-electron chi connectivity index (χ0n) is 14.4. The number of aliphatic imine (C=N–C) groups is 1. The molecule has 6 nitrogen and oxygen atoms in total. The van der Waals surface area contributed by atoms with E-state index in [1.54, 1.807) is 18.4 Å². The quantitative estimate of drug-likeness (QED) is 0.328. The minimum absolute atomic E-state index is 0. The number of nitrogens with one attached hydrogen (secondary N) is 3. The number of nitrogens with zero attached hydrogens (tertiary/aromatic N) is 2. The number of aromatic nitrogens is 1. The van der Waals surface area contributed by atoms with Crippen LogP contribution in [0.5, 0.6) is 0 Å². The fourth-order valence-electron chi connectivity index (χ4n) is 2.69. The van der Waals surface area contributed by atoms with E-state index in [2.05, 4.69) is 32.9 Å². The Bertz CT molecular complexity index is 528. The van der Waals surface area contributed by atoms with Crippen molar-refractivity contribution in [3.05, 3.63) is 16.1 Å². The van der Waals surface area contributed by atoms with E-state index in [0.717, 1.165) is 36.8 Å². The Balaban J connectivity index is 0.00000288. The summed E-state index contributed by atoms with van der Waals surface area (Å²) < 4.78 is 0. The van der Waals surface area contributed by atoms with Crippen LogP contribution in [0, 0.1) is 6.92 Å². The third-order valence-electron chi connectivity index (χ3n) is 3.89. The Kier molecular flexibility index (Phi) is 10.2. The van der Waals surface area contributed by atoms with Gasteiger partial charge in [0.25, 0.3) is 0 Å². The molecule has 0 radical (unpaired) electrons. The van der Waals surface area contributed by atoms with E-state index in [1.165, 1.54) is 17.7 Å². The predicted octanol–water partition coefficient (Wildman–Crippen LogP) is 2.23. The van der Waals surface area contributed by atoms with Crippen molar-refractivity contribution < 1.29 is 4.79 Å². The molecule has 24 heavy (non-hydrogen) atoms. The predicted molar refractivity (Wildman–Crippen MR) is 110 cm³/mol. The molecule has 1 aromatic heterocycles. The Labute approximate surface area is 165 Å². The highest BCUT2D eigenvalue weighted by atomic mass is 127. The van der Waals surface area contributed by atoms with E-state index < -0.39 is 0 Å². The average Bonchev–Trinajstić information content (AvgIpc) is 3.17. The molecule has 1 fully saturated rings. The van der Waals surface area contributed by atoms with Gasteiger partial charge in [0.15, 0.2) is 5.96 Å². The summed E-state index contributed by atoms with van der Waals surface area (Å²) in [6.07, 6.45) is 7.97. The highest BCUT2D eigenvalue weighted by Gasteiger charge is 2.16. The van der Waals surface area contributed by atoms with Gasteiger partial charge in [0, 0.05) is 50.1 Å². The summed E-state index contributed by atoms with van der Waals surface area (Å²) in [5.74, 6) is 0.852. The van der Waals surface area contributed by atoms with Gasteiger partial charge >= 0.3 is 0 Å². The maximum atomic E-state index is 11.9. The van der Waals surface area contributed by atoms with Gasteiger partial charge in [-0.05, 0) is 19.8 Å². The summed E-state index contributed by atoms with van der Waals surface area (Å²) >= 11 is 1.72. The molecule has 1 amide bonds. The lowest BCUT2D eigenvalue weighted by Gasteiger charge is -2.13. The molecular formula is C16H28IN5OS. The fourth-order valence-corrected chi connectivity index (χ4v) is 3.48. The molecule has 136 valence electrons. The second kappa shape index (κ2) is 11.6. The number of carbonyl (C=O) groups excluding carboxylic acids is 1. The number of amides is 1. The van der Waals surface area contributed by atoms with E-state index in [9.17, 15) is 4.79 Å². The topological polar surface area (TPSA) is 78.4 Å². The van der Waals surface area contributed by atoms with Gasteiger partial charge in [0.1, 0.15) is 0 Å². The number of thiazole rings is 1. The van der Waals surface area contributed by atoms with Crippen LogP contribution in [0.2, 0.25) is 0 Å². The Morgan fingerprint density at radius 2 is 2.04 bits per heavy atom. The molecule has 1 saturated carbocycles. The van der Waals surface area contributed by atoms with E-state index in [1.807, 2.05) is 6.20 Å². The third-order valence-corrected chi connectivity index (χ3v) is 4.86. The number of hydrogen-bond acceptors (Lipinski definition) is 4. The Morgan fingerprint density at radius 1 is 1.33 bits per heavy atom. The summed E-state index contributed by atoms with van der Waals surface area (Å²) in [4.78, 5) is 21.6. The first-order valence-corrected chi connectivity index (χ1v) is 9.14. The largest absolute Gasteiger partial charge is 0.356 e. The molecule has 8 heteroatoms. The molecule has 1 heterocycles. The molecule has 2 rings (SSSR count). The lowest BCUT2D eigenvalue weighted by molar-refractivity contribution is -0.121. The van der Waals surface area contributed by atoms with Crippen molar-refractivity contribution >= 4 is 47.2 Å². The lowest BCUT2D eigenvalue weighted by atomic mass is 10.2. The van der Waals surface area contributed by atoms with Crippen LogP contribution in [-0.4, -0.2) is 43.0 Å². The minimum Gasteiger partial charge on any atom is -0.356 e. The summed E-state index contributed by atoms with van der Waals surface area (Å²) in [6.45, 7) is 3.43. The first kappa shape index (κ1) is 21.1. The van der Waals surface area contributed by atoms with Gasteiger partial charge in [-0.25, -0.2) is 4.98 Å². The molecule has 0 saturated heterocycles. The van der Waals surface area contributed by atoms with Gasteiger partial charge in [-0.2, -0.15) is 0 Å². The van der Waals surface area contributed by atoms with Gasteiger partial charge in [-0.3, -0.25) is 9.79 Å². The standard InChI is InChI=1S/C16H27N5OS.HI/c1-12-11-20-15(23-12)8-10-19-16(17-2)18-9-7-14(22)21-13-5-3-4-6-13;/h11,13H,3-10H2,1-2H3,(H,21,22)(H2,17,18,19);1H. The van der Waals surface area contributed by atoms with Crippen LogP contribution in [0.15, 0.2) is 11.2 Å². The molecule has 1 aliphatic rings. The SMILES string of the molecule is CN=C(NCCC(=O)NC1CCCC1)NCCc1ncc(C)s1.I. The Morgan fingerprint density at radius 3 is 2.67 bits per heavy atom. The van der Waals surface area contributed by atoms with Crippen LogP contribution in [0.1, 0.15) is 42.0 Å². The van der Waals surface area contributed by atoms with Gasteiger partial charge < -0.3 is 16.0 Å². The molecule has 3 N–H and O–H groups in total. The summed E-state index contributed by atoms with van der Waals surface area (Å²) in [6, 6.07) is 0.390. The first-order valence-electron chi connectivity index (χ1n) is 8.32. The summed E-state index contributed by atoms with van der Waals surface area (Å²) in [5, 5.41) is 10.6. The zero-order valence-corrected chi connectivity index (χ0v) is 17.6. The van der Waals surface area contributed by atoms with E-state index >= 15 is 0 Å². The normalized spacial score (nSPS) is 15.0. The fraction of sp³-hybridized carbons (Fsp3) is 0.688. The number of rotatable bonds is 7. The minimum atomic E-state index is 0. The second-order valence-electron chi connectivity index (χ2n) is 5.84. The van der Waals surface area contributed by atoms with Crippen molar-refractivity contribution in [2.45, 2.75) is 51.5 Å². The first-order chi connectivity index (χ1) is 11.2. The maximum Gasteiger partial charge on any atom is 0.221 e. The van der Waals surface area contributed by atoms with Gasteiger partial charge in [0.2, 0.25) is 5.91 Å². The summed E-state index contributed by atoms with van der Waals surface area (Å²) in [5.41, 5.74) is 0. The van der Waals surface area contributed by atoms with Crippen LogP contribution >= 0.6 is 35.3 Å².